The van der Waals surface area contributed by atoms with Crippen molar-refractivity contribution in [3.05, 3.63) is 106 Å². The van der Waals surface area contributed by atoms with Gasteiger partial charge in [0.25, 0.3) is 0 Å². The first-order chi connectivity index (χ1) is 25.5. The zero-order chi connectivity index (χ0) is 39.7. The molecule has 0 spiro atoms. The van der Waals surface area contributed by atoms with Gasteiger partial charge in [-0.2, -0.15) is 0 Å². The zero-order valence-electron chi connectivity index (χ0n) is 35.4. The molecule has 0 bridgehead atoms. The second kappa shape index (κ2) is 16.6. The van der Waals surface area contributed by atoms with Crippen LogP contribution < -0.4 is 10.6 Å². The van der Waals surface area contributed by atoms with Crippen molar-refractivity contribution < 1.29 is 14.7 Å². The van der Waals surface area contributed by atoms with Gasteiger partial charge in [0, 0.05) is 0 Å². The van der Waals surface area contributed by atoms with Gasteiger partial charge in [-0.05, 0) is 0 Å². The van der Waals surface area contributed by atoms with Crippen LogP contribution in [0.1, 0.15) is 190 Å². The molecule has 6 unspecified atom stereocenters. The molecular weight excluding hydrogens is 680 g/mol. The quantitative estimate of drug-likeness (QED) is 0.0934. The van der Waals surface area contributed by atoms with Crippen molar-refractivity contribution in [3.8, 4) is 11.1 Å². The van der Waals surface area contributed by atoms with Gasteiger partial charge in [-0.3, -0.25) is 0 Å². The Morgan fingerprint density at radius 2 is 0.815 bits per heavy atom. The average Bonchev–Trinajstić information content (AvgIpc) is 3.19. The fourth-order valence-corrected chi connectivity index (χ4v) is 10.7. The Balaban J connectivity index is 1.89. The molecule has 0 saturated carbocycles. The third-order valence-electron chi connectivity index (χ3n) is 13.3. The SMILES string of the molecule is CCC(C)c1cc(C(C)CC)c2cc(-c3ccccc3P(O)(O)(O)c3cc4c(C(C)CC)cc(C(C)CC)cc4cc3C(C)CC)c(C(C)CC)cc2c1. The molecule has 0 saturated heterocycles. The second-order valence-corrected chi connectivity index (χ2v) is 19.8. The van der Waals surface area contributed by atoms with Gasteiger partial charge in [0.1, 0.15) is 0 Å². The van der Waals surface area contributed by atoms with E-state index in [1.54, 1.807) is 6.07 Å². The zero-order valence-corrected chi connectivity index (χ0v) is 36.3. The van der Waals surface area contributed by atoms with E-state index in [1.807, 2.05) is 24.3 Å². The van der Waals surface area contributed by atoms with Crippen molar-refractivity contribution in [3.63, 3.8) is 0 Å². The van der Waals surface area contributed by atoms with Crippen LogP contribution in [0.15, 0.2) is 72.8 Å². The van der Waals surface area contributed by atoms with Gasteiger partial charge < -0.3 is 0 Å². The summed E-state index contributed by atoms with van der Waals surface area (Å²) in [4.78, 5) is 38.9. The van der Waals surface area contributed by atoms with E-state index in [1.165, 1.54) is 33.0 Å². The molecule has 0 aromatic heterocycles. The minimum atomic E-state index is -5.76. The molecular formula is C50H69O3P. The number of hydrogen-bond acceptors (Lipinski definition) is 3. The summed E-state index contributed by atoms with van der Waals surface area (Å²) in [6, 6.07) is 25.7. The molecule has 6 atom stereocenters. The van der Waals surface area contributed by atoms with E-state index in [0.29, 0.717) is 23.3 Å². The van der Waals surface area contributed by atoms with Crippen LogP contribution in [0.25, 0.3) is 32.7 Å². The molecule has 0 aliphatic heterocycles. The number of rotatable bonds is 15. The van der Waals surface area contributed by atoms with E-state index in [4.69, 9.17) is 0 Å². The Labute approximate surface area is 327 Å². The second-order valence-electron chi connectivity index (χ2n) is 16.9. The molecule has 0 amide bonds. The maximum absolute atomic E-state index is 13.0. The molecule has 5 rings (SSSR count). The maximum atomic E-state index is 13.0. The van der Waals surface area contributed by atoms with Gasteiger partial charge in [0.05, 0.1) is 0 Å². The van der Waals surface area contributed by atoms with Crippen molar-refractivity contribution in [2.75, 3.05) is 0 Å². The molecule has 4 heteroatoms. The van der Waals surface area contributed by atoms with Crippen LogP contribution >= 0.6 is 7.28 Å². The van der Waals surface area contributed by atoms with E-state index in [0.717, 1.165) is 66.0 Å². The van der Waals surface area contributed by atoms with Gasteiger partial charge in [0.2, 0.25) is 0 Å². The average molecular weight is 749 g/mol. The summed E-state index contributed by atoms with van der Waals surface area (Å²) in [5, 5.41) is 4.99. The number of hydrogen-bond donors (Lipinski definition) is 3. The van der Waals surface area contributed by atoms with Crippen LogP contribution in [0.5, 0.6) is 0 Å². The topological polar surface area (TPSA) is 60.7 Å². The Kier molecular flexibility index (Phi) is 12.9. The Morgan fingerprint density at radius 1 is 0.407 bits per heavy atom. The molecule has 0 aliphatic rings. The molecule has 292 valence electrons. The van der Waals surface area contributed by atoms with Crippen LogP contribution in [0.3, 0.4) is 0 Å². The monoisotopic (exact) mass is 748 g/mol. The number of benzene rings is 5. The van der Waals surface area contributed by atoms with Gasteiger partial charge in [-0.15, -0.1) is 0 Å². The molecule has 0 fully saturated rings. The first-order valence-electron chi connectivity index (χ1n) is 21.1. The van der Waals surface area contributed by atoms with E-state index >= 15 is 0 Å². The molecule has 5 aromatic rings. The fourth-order valence-electron chi connectivity index (χ4n) is 8.27. The standard InChI is InChI=1S/C50H69O3P/c1-13-31(7)37-23-39-27-44(35(11)17-5)48(29-46(39)42(25-37)33(9)15-3)41-21-19-20-22-49(41)54(51,52,53)50-30-47-40(28-45(50)36(12)18-6)24-38(32(8)14-2)26-43(47)34(10)16-4/h19-36,51-53H,13-18H2,1-12H3. The summed E-state index contributed by atoms with van der Waals surface area (Å²) < 4.78 is 0. The van der Waals surface area contributed by atoms with Gasteiger partial charge in [0.15, 0.2) is 0 Å². The van der Waals surface area contributed by atoms with Crippen LogP contribution in [0.4, 0.5) is 0 Å². The van der Waals surface area contributed by atoms with E-state index in [-0.39, 0.29) is 28.4 Å². The Morgan fingerprint density at radius 3 is 1.30 bits per heavy atom. The minimum absolute atomic E-state index is 0.00189. The molecule has 3 N–H and O–H groups in total. The third kappa shape index (κ3) is 7.82. The first-order valence-corrected chi connectivity index (χ1v) is 23.2. The summed E-state index contributed by atoms with van der Waals surface area (Å²) in [5.74, 6) is 1.71. The van der Waals surface area contributed by atoms with Crippen LogP contribution in [-0.2, 0) is 0 Å². The Hall–Kier alpha value is -3.07. The summed E-state index contributed by atoms with van der Waals surface area (Å²) in [7, 11) is -5.76. The molecule has 0 radical (unpaired) electrons. The van der Waals surface area contributed by atoms with Crippen molar-refractivity contribution in [1.82, 2.24) is 0 Å². The van der Waals surface area contributed by atoms with E-state index < -0.39 is 7.28 Å². The predicted molar refractivity (Wildman–Crippen MR) is 238 cm³/mol. The summed E-state index contributed by atoms with van der Waals surface area (Å²) >= 11 is 0. The molecule has 0 aliphatic carbocycles. The molecule has 54 heavy (non-hydrogen) atoms. The van der Waals surface area contributed by atoms with Gasteiger partial charge >= 0.3 is 329 Å². The van der Waals surface area contributed by atoms with E-state index in [2.05, 4.69) is 126 Å². The molecule has 0 heterocycles. The first kappa shape index (κ1) is 42.1. The summed E-state index contributed by atoms with van der Waals surface area (Å²) in [5.41, 5.74) is 8.83. The van der Waals surface area contributed by atoms with Crippen LogP contribution in [0, 0.1) is 0 Å². The van der Waals surface area contributed by atoms with Crippen molar-refractivity contribution >= 4 is 39.4 Å². The molecule has 5 aromatic carbocycles. The van der Waals surface area contributed by atoms with Gasteiger partial charge in [-0.1, -0.05) is 0 Å². The summed E-state index contributed by atoms with van der Waals surface area (Å²) in [6.45, 7) is 26.8. The van der Waals surface area contributed by atoms with Crippen LogP contribution in [-0.4, -0.2) is 14.7 Å². The van der Waals surface area contributed by atoms with Crippen molar-refractivity contribution in [2.24, 2.45) is 0 Å². The third-order valence-corrected chi connectivity index (χ3v) is 15.9. The van der Waals surface area contributed by atoms with Gasteiger partial charge in [-0.25, -0.2) is 0 Å². The van der Waals surface area contributed by atoms with E-state index in [9.17, 15) is 14.7 Å². The Bertz CT molecular complexity index is 2100. The number of fused-ring (bicyclic) bond motifs is 2. The summed E-state index contributed by atoms with van der Waals surface area (Å²) in [6.07, 6.45) is 5.85. The van der Waals surface area contributed by atoms with Crippen molar-refractivity contribution in [2.45, 2.75) is 157 Å². The molecule has 3 nitrogen and oxygen atoms in total. The predicted octanol–water partition coefficient (Wildman–Crippen LogP) is 14.0. The normalized spacial score (nSPS) is 16.5. The van der Waals surface area contributed by atoms with Crippen molar-refractivity contribution in [1.29, 1.82) is 0 Å². The fraction of sp³-hybridized carbons (Fsp3) is 0.480. The van der Waals surface area contributed by atoms with Crippen LogP contribution in [0.2, 0.25) is 0 Å².